The Labute approximate surface area is 124 Å². The second-order valence-corrected chi connectivity index (χ2v) is 4.48. The molecule has 0 atom stereocenters. The van der Waals surface area contributed by atoms with Crippen LogP contribution in [0.1, 0.15) is 26.3 Å². The topological polar surface area (TPSA) is 112 Å². The summed E-state index contributed by atoms with van der Waals surface area (Å²) in [6.45, 7) is 0. The number of azo groups is 1. The number of rotatable bonds is 2. The van der Waals surface area contributed by atoms with Crippen LogP contribution in [0.5, 0.6) is 11.5 Å². The Morgan fingerprint density at radius 1 is 0.955 bits per heavy atom. The maximum Gasteiger partial charge on any atom is 0.298 e. The Hall–Kier alpha value is -3.35. The Kier molecular flexibility index (Phi) is 3.23. The fourth-order valence-corrected chi connectivity index (χ4v) is 2.04. The first-order valence-corrected chi connectivity index (χ1v) is 6.26. The molecule has 2 aromatic carbocycles. The standard InChI is InChI=1S/C15H9N3O4/c19-11-6-1-3-8(13(11)20)7-16-10-5-2-4-9-12(10)15(22)18-17-14(9)21/h1-7,19-20H. The molecule has 0 saturated heterocycles. The number of fused-ring (bicyclic) bond motifs is 1. The van der Waals surface area contributed by atoms with Crippen molar-refractivity contribution < 1.29 is 19.8 Å². The lowest BCUT2D eigenvalue weighted by atomic mass is 10.0. The van der Waals surface area contributed by atoms with E-state index in [0.29, 0.717) is 0 Å². The molecule has 108 valence electrons. The van der Waals surface area contributed by atoms with Crippen LogP contribution in [0.4, 0.5) is 5.69 Å². The summed E-state index contributed by atoms with van der Waals surface area (Å²) < 4.78 is 0. The Morgan fingerprint density at radius 3 is 2.50 bits per heavy atom. The van der Waals surface area contributed by atoms with Crippen LogP contribution in [-0.4, -0.2) is 28.2 Å². The van der Waals surface area contributed by atoms with Gasteiger partial charge in [0.25, 0.3) is 11.8 Å². The molecule has 22 heavy (non-hydrogen) atoms. The zero-order chi connectivity index (χ0) is 15.7. The number of nitrogens with zero attached hydrogens (tertiary/aromatic N) is 3. The summed E-state index contributed by atoms with van der Waals surface area (Å²) in [5, 5.41) is 25.7. The molecule has 7 nitrogen and oxygen atoms in total. The SMILES string of the molecule is O=C1N=NC(=O)c2c(N=Cc3cccc(O)c3O)cccc21. The van der Waals surface area contributed by atoms with Crippen molar-refractivity contribution in [1.29, 1.82) is 0 Å². The van der Waals surface area contributed by atoms with Gasteiger partial charge in [0.05, 0.1) is 16.8 Å². The van der Waals surface area contributed by atoms with Gasteiger partial charge in [0.1, 0.15) is 0 Å². The first kappa shape index (κ1) is 13.6. The highest BCUT2D eigenvalue weighted by molar-refractivity contribution is 6.14. The van der Waals surface area contributed by atoms with Gasteiger partial charge < -0.3 is 10.2 Å². The van der Waals surface area contributed by atoms with Gasteiger partial charge >= 0.3 is 0 Å². The zero-order valence-electron chi connectivity index (χ0n) is 11.1. The number of para-hydroxylation sites is 1. The van der Waals surface area contributed by atoms with Crippen LogP contribution in [-0.2, 0) is 0 Å². The van der Waals surface area contributed by atoms with Gasteiger partial charge in [-0.15, -0.1) is 10.2 Å². The third-order valence-electron chi connectivity index (χ3n) is 3.11. The quantitative estimate of drug-likeness (QED) is 0.655. The van der Waals surface area contributed by atoms with Crippen LogP contribution in [0.3, 0.4) is 0 Å². The number of carbonyl (C=O) groups excluding carboxylic acids is 2. The van der Waals surface area contributed by atoms with Crippen molar-refractivity contribution >= 4 is 23.7 Å². The van der Waals surface area contributed by atoms with E-state index >= 15 is 0 Å². The minimum atomic E-state index is -0.650. The molecule has 7 heteroatoms. The summed E-state index contributed by atoms with van der Waals surface area (Å²) in [6, 6.07) is 9.00. The average molecular weight is 295 g/mol. The number of hydrogen-bond acceptors (Lipinski definition) is 5. The third kappa shape index (κ3) is 2.24. The second kappa shape index (κ2) is 5.21. The molecule has 1 heterocycles. The summed E-state index contributed by atoms with van der Waals surface area (Å²) in [5.74, 6) is -1.86. The molecule has 1 aliphatic rings. The molecular formula is C15H9N3O4. The predicted octanol–water partition coefficient (Wildman–Crippen LogP) is 2.59. The van der Waals surface area contributed by atoms with Crippen LogP contribution >= 0.6 is 0 Å². The number of aliphatic imine (C=N–C) groups is 1. The van der Waals surface area contributed by atoms with Gasteiger partial charge in [0, 0.05) is 11.8 Å². The fourth-order valence-electron chi connectivity index (χ4n) is 2.04. The summed E-state index contributed by atoms with van der Waals surface area (Å²) in [7, 11) is 0. The van der Waals surface area contributed by atoms with E-state index in [1.54, 1.807) is 24.3 Å². The number of hydrogen-bond donors (Lipinski definition) is 2. The molecule has 1 aliphatic heterocycles. The lowest BCUT2D eigenvalue weighted by molar-refractivity contribution is 0.0921. The van der Waals surface area contributed by atoms with E-state index < -0.39 is 11.8 Å². The number of phenolic OH excluding ortho intramolecular Hbond substituents is 2. The van der Waals surface area contributed by atoms with Crippen molar-refractivity contribution in [3.63, 3.8) is 0 Å². The van der Waals surface area contributed by atoms with Gasteiger partial charge in [0.15, 0.2) is 11.5 Å². The van der Waals surface area contributed by atoms with Crippen molar-refractivity contribution in [1.82, 2.24) is 0 Å². The summed E-state index contributed by atoms with van der Waals surface area (Å²) >= 11 is 0. The summed E-state index contributed by atoms with van der Waals surface area (Å²) in [6.07, 6.45) is 1.29. The molecule has 0 radical (unpaired) electrons. The highest BCUT2D eigenvalue weighted by Crippen LogP contribution is 2.30. The van der Waals surface area contributed by atoms with Crippen LogP contribution in [0, 0.1) is 0 Å². The number of carbonyl (C=O) groups is 2. The second-order valence-electron chi connectivity index (χ2n) is 4.48. The monoisotopic (exact) mass is 295 g/mol. The van der Waals surface area contributed by atoms with Crippen molar-refractivity contribution in [3.8, 4) is 11.5 Å². The Balaban J connectivity index is 2.06. The molecule has 0 aromatic heterocycles. The maximum atomic E-state index is 11.8. The molecule has 0 aliphatic carbocycles. The lowest BCUT2D eigenvalue weighted by Gasteiger charge is -2.09. The minimum absolute atomic E-state index is 0.0680. The molecule has 0 bridgehead atoms. The number of phenols is 2. The van der Waals surface area contributed by atoms with Gasteiger partial charge in [-0.3, -0.25) is 14.6 Å². The highest BCUT2D eigenvalue weighted by atomic mass is 16.3. The molecule has 0 unspecified atom stereocenters. The summed E-state index contributed by atoms with van der Waals surface area (Å²) in [5.41, 5.74) is 0.708. The van der Waals surface area contributed by atoms with Gasteiger partial charge in [0.2, 0.25) is 0 Å². The third-order valence-corrected chi connectivity index (χ3v) is 3.11. The van der Waals surface area contributed by atoms with Crippen LogP contribution in [0.2, 0.25) is 0 Å². The van der Waals surface area contributed by atoms with Gasteiger partial charge in [-0.1, -0.05) is 12.1 Å². The summed E-state index contributed by atoms with van der Waals surface area (Å²) in [4.78, 5) is 27.5. The first-order valence-electron chi connectivity index (χ1n) is 6.26. The molecule has 2 amide bonds. The maximum absolute atomic E-state index is 11.8. The molecule has 2 N–H and O–H groups in total. The molecule has 0 saturated carbocycles. The van der Waals surface area contributed by atoms with E-state index in [9.17, 15) is 19.8 Å². The van der Waals surface area contributed by atoms with E-state index in [2.05, 4.69) is 15.2 Å². The van der Waals surface area contributed by atoms with Gasteiger partial charge in [-0.2, -0.15) is 0 Å². The highest BCUT2D eigenvalue weighted by Gasteiger charge is 2.24. The van der Waals surface area contributed by atoms with Gasteiger partial charge in [-0.05, 0) is 24.3 Å². The normalized spacial score (nSPS) is 13.6. The number of benzene rings is 2. The van der Waals surface area contributed by atoms with E-state index in [1.165, 1.54) is 18.3 Å². The zero-order valence-corrected chi connectivity index (χ0v) is 11.1. The van der Waals surface area contributed by atoms with Crippen LogP contribution in [0.25, 0.3) is 0 Å². The fraction of sp³-hybridized carbons (Fsp3) is 0. The molecule has 3 rings (SSSR count). The van der Waals surface area contributed by atoms with Crippen molar-refractivity contribution in [2.45, 2.75) is 0 Å². The van der Waals surface area contributed by atoms with Crippen molar-refractivity contribution in [2.75, 3.05) is 0 Å². The number of aromatic hydroxyl groups is 2. The number of amides is 2. The van der Waals surface area contributed by atoms with Crippen molar-refractivity contribution in [2.24, 2.45) is 15.2 Å². The molecular weight excluding hydrogens is 286 g/mol. The Morgan fingerprint density at radius 2 is 1.68 bits per heavy atom. The van der Waals surface area contributed by atoms with E-state index in [0.717, 1.165) is 0 Å². The molecule has 0 spiro atoms. The largest absolute Gasteiger partial charge is 0.504 e. The first-order chi connectivity index (χ1) is 10.6. The van der Waals surface area contributed by atoms with E-state index in [1.807, 2.05) is 0 Å². The molecule has 0 fully saturated rings. The lowest BCUT2D eigenvalue weighted by Crippen LogP contribution is -2.11. The van der Waals surface area contributed by atoms with Crippen LogP contribution < -0.4 is 0 Å². The van der Waals surface area contributed by atoms with E-state index in [4.69, 9.17) is 0 Å². The minimum Gasteiger partial charge on any atom is -0.504 e. The average Bonchev–Trinajstić information content (AvgIpc) is 2.52. The van der Waals surface area contributed by atoms with Crippen molar-refractivity contribution in [3.05, 3.63) is 53.1 Å². The molecule has 2 aromatic rings. The van der Waals surface area contributed by atoms with Crippen LogP contribution in [0.15, 0.2) is 51.6 Å². The smallest absolute Gasteiger partial charge is 0.298 e. The Bertz CT molecular complexity index is 856. The van der Waals surface area contributed by atoms with E-state index in [-0.39, 0.29) is 33.9 Å². The van der Waals surface area contributed by atoms with Gasteiger partial charge in [-0.25, -0.2) is 0 Å². The predicted molar refractivity (Wildman–Crippen MR) is 77.0 cm³/mol.